The van der Waals surface area contributed by atoms with Gasteiger partial charge in [-0.05, 0) is 66.6 Å². The van der Waals surface area contributed by atoms with E-state index in [1.165, 1.54) is 21.6 Å². The Morgan fingerprint density at radius 2 is 1.47 bits per heavy atom. The topological polar surface area (TPSA) is 39.9 Å². The van der Waals surface area contributed by atoms with E-state index in [1.807, 2.05) is 52.8 Å². The minimum absolute atomic E-state index is 0.780. The molecular formula is C29H25N3OS. The van der Waals surface area contributed by atoms with E-state index in [0.717, 1.165) is 33.8 Å². The molecule has 0 saturated heterocycles. The van der Waals surface area contributed by atoms with Gasteiger partial charge in [-0.3, -0.25) is 0 Å². The molecular weight excluding hydrogens is 438 g/mol. The van der Waals surface area contributed by atoms with Gasteiger partial charge in [0.1, 0.15) is 11.3 Å². The molecule has 0 aliphatic rings. The summed E-state index contributed by atoms with van der Waals surface area (Å²) < 4.78 is 7.39. The number of aryl methyl sites for hydroxylation is 1. The maximum Gasteiger partial charge on any atom is 0.118 e. The monoisotopic (exact) mass is 463 g/mol. The number of benzene rings is 4. The molecule has 0 aliphatic heterocycles. The Bertz CT molecular complexity index is 1420. The van der Waals surface area contributed by atoms with Crippen LogP contribution in [0.4, 0.5) is 0 Å². The highest BCUT2D eigenvalue weighted by molar-refractivity contribution is 7.99. The molecule has 0 aliphatic carbocycles. The van der Waals surface area contributed by atoms with Gasteiger partial charge in [-0.15, -0.1) is 16.9 Å². The fourth-order valence-corrected chi connectivity index (χ4v) is 4.89. The summed E-state index contributed by atoms with van der Waals surface area (Å²) in [6.45, 7) is 2.11. The lowest BCUT2D eigenvalue weighted by Gasteiger charge is -2.18. The van der Waals surface area contributed by atoms with E-state index in [-0.39, 0.29) is 0 Å². The van der Waals surface area contributed by atoms with Crippen molar-refractivity contribution >= 4 is 34.1 Å². The molecule has 5 aromatic rings. The average Bonchev–Trinajstić information content (AvgIpc) is 3.32. The van der Waals surface area contributed by atoms with Crippen molar-refractivity contribution in [2.75, 3.05) is 12.9 Å². The zero-order valence-corrected chi connectivity index (χ0v) is 20.0. The first-order chi connectivity index (χ1) is 16.7. The van der Waals surface area contributed by atoms with Crippen LogP contribution in [-0.4, -0.2) is 27.9 Å². The summed E-state index contributed by atoms with van der Waals surface area (Å²) in [5.74, 6) is 1.60. The molecule has 0 N–H and O–H groups in total. The smallest absolute Gasteiger partial charge is 0.118 e. The van der Waals surface area contributed by atoms with Crippen molar-refractivity contribution in [3.05, 3.63) is 120 Å². The number of ether oxygens (including phenoxy) is 1. The molecule has 0 saturated carbocycles. The minimum atomic E-state index is 0.780. The fraction of sp³-hybridized carbons (Fsp3) is 0.103. The molecule has 0 fully saturated rings. The summed E-state index contributed by atoms with van der Waals surface area (Å²) in [4.78, 5) is 1.23. The number of rotatable bonds is 7. The van der Waals surface area contributed by atoms with E-state index in [2.05, 4.69) is 84.0 Å². The maximum atomic E-state index is 5.42. The van der Waals surface area contributed by atoms with E-state index >= 15 is 0 Å². The van der Waals surface area contributed by atoms with Gasteiger partial charge in [-0.1, -0.05) is 65.4 Å². The van der Waals surface area contributed by atoms with Gasteiger partial charge in [0.05, 0.1) is 18.3 Å². The first-order valence-corrected chi connectivity index (χ1v) is 12.1. The molecule has 0 atom stereocenters. The molecule has 34 heavy (non-hydrogen) atoms. The van der Waals surface area contributed by atoms with Crippen molar-refractivity contribution in [1.29, 1.82) is 0 Å². The summed E-state index contributed by atoms with van der Waals surface area (Å²) in [6.07, 6.45) is 0. The van der Waals surface area contributed by atoms with Gasteiger partial charge in [-0.25, -0.2) is 4.68 Å². The molecule has 1 heterocycles. The highest BCUT2D eigenvalue weighted by Crippen LogP contribution is 2.35. The number of nitrogens with zero attached hydrogens (tertiary/aromatic N) is 3. The number of hydrogen-bond acceptors (Lipinski definition) is 4. The van der Waals surface area contributed by atoms with Crippen molar-refractivity contribution in [3.8, 4) is 5.75 Å². The maximum absolute atomic E-state index is 5.42. The minimum Gasteiger partial charge on any atom is -0.497 e. The van der Waals surface area contributed by atoms with Crippen LogP contribution in [0.2, 0.25) is 0 Å². The third-order valence-corrected chi connectivity index (χ3v) is 6.78. The first-order valence-electron chi connectivity index (χ1n) is 11.2. The van der Waals surface area contributed by atoms with Gasteiger partial charge < -0.3 is 4.74 Å². The van der Waals surface area contributed by atoms with Gasteiger partial charge in [0.25, 0.3) is 0 Å². The lowest BCUT2D eigenvalue weighted by Crippen LogP contribution is -2.07. The number of hydrogen-bond donors (Lipinski definition) is 0. The SMILES string of the molecule is COc1ccc(/C(=C(/CSc2ccccc2)c2ccc(C)cc2)n2nnc3ccccc32)cc1. The molecule has 0 amide bonds. The Balaban J connectivity index is 1.74. The summed E-state index contributed by atoms with van der Waals surface area (Å²) in [5, 5.41) is 9.06. The van der Waals surface area contributed by atoms with Crippen molar-refractivity contribution in [1.82, 2.24) is 15.0 Å². The van der Waals surface area contributed by atoms with E-state index in [1.54, 1.807) is 7.11 Å². The molecule has 0 unspecified atom stereocenters. The predicted molar refractivity (Wildman–Crippen MR) is 141 cm³/mol. The van der Waals surface area contributed by atoms with Crippen LogP contribution in [0.25, 0.3) is 22.3 Å². The van der Waals surface area contributed by atoms with E-state index < -0.39 is 0 Å². The zero-order valence-electron chi connectivity index (χ0n) is 19.2. The highest BCUT2D eigenvalue weighted by Gasteiger charge is 2.18. The number of thioether (sulfide) groups is 1. The second kappa shape index (κ2) is 9.98. The molecule has 168 valence electrons. The van der Waals surface area contributed by atoms with Crippen LogP contribution in [0.3, 0.4) is 0 Å². The normalized spacial score (nSPS) is 11.9. The Labute approximate surface area is 203 Å². The van der Waals surface area contributed by atoms with Gasteiger partial charge in [0.2, 0.25) is 0 Å². The van der Waals surface area contributed by atoms with Gasteiger partial charge >= 0.3 is 0 Å². The van der Waals surface area contributed by atoms with Crippen LogP contribution < -0.4 is 4.74 Å². The second-order valence-corrected chi connectivity index (χ2v) is 9.06. The number of aromatic nitrogens is 3. The van der Waals surface area contributed by atoms with Crippen molar-refractivity contribution in [2.24, 2.45) is 0 Å². The van der Waals surface area contributed by atoms with E-state index in [4.69, 9.17) is 4.74 Å². The Hall–Kier alpha value is -3.83. The van der Waals surface area contributed by atoms with Crippen LogP contribution in [0.15, 0.2) is 108 Å². The molecule has 0 radical (unpaired) electrons. The molecule has 4 aromatic carbocycles. The van der Waals surface area contributed by atoms with Gasteiger partial charge in [0, 0.05) is 16.2 Å². The van der Waals surface area contributed by atoms with Crippen molar-refractivity contribution in [2.45, 2.75) is 11.8 Å². The third-order valence-electron chi connectivity index (χ3n) is 5.74. The molecule has 0 spiro atoms. The lowest BCUT2D eigenvalue weighted by atomic mass is 9.99. The Kier molecular flexibility index (Phi) is 6.45. The summed E-state index contributed by atoms with van der Waals surface area (Å²) >= 11 is 1.82. The Morgan fingerprint density at radius 3 is 2.21 bits per heavy atom. The summed E-state index contributed by atoms with van der Waals surface area (Å²) in [7, 11) is 1.69. The van der Waals surface area contributed by atoms with E-state index in [9.17, 15) is 0 Å². The number of methoxy groups -OCH3 is 1. The predicted octanol–water partition coefficient (Wildman–Crippen LogP) is 6.96. The first kappa shape index (κ1) is 22.0. The highest BCUT2D eigenvalue weighted by atomic mass is 32.2. The summed E-state index contributed by atoms with van der Waals surface area (Å²) in [6, 6.07) is 35.4. The number of fused-ring (bicyclic) bond motifs is 1. The fourth-order valence-electron chi connectivity index (χ4n) is 3.92. The quantitative estimate of drug-likeness (QED) is 0.193. The van der Waals surface area contributed by atoms with Crippen LogP contribution in [0.1, 0.15) is 16.7 Å². The van der Waals surface area contributed by atoms with Gasteiger partial charge in [-0.2, -0.15) is 0 Å². The standard InChI is InChI=1S/C29H25N3OS/c1-21-12-14-22(15-13-21)26(20-34-25-8-4-3-5-9-25)29(23-16-18-24(33-2)19-17-23)32-28-11-7-6-10-27(28)30-31-32/h3-19H,20H2,1-2H3/b29-26+. The molecule has 1 aromatic heterocycles. The Morgan fingerprint density at radius 1 is 0.794 bits per heavy atom. The lowest BCUT2D eigenvalue weighted by molar-refractivity contribution is 0.415. The van der Waals surface area contributed by atoms with Crippen LogP contribution in [0, 0.1) is 6.92 Å². The zero-order chi connectivity index (χ0) is 23.3. The largest absolute Gasteiger partial charge is 0.497 e. The molecule has 5 rings (SSSR count). The van der Waals surface area contributed by atoms with Crippen LogP contribution in [-0.2, 0) is 0 Å². The van der Waals surface area contributed by atoms with E-state index in [0.29, 0.717) is 0 Å². The van der Waals surface area contributed by atoms with Crippen molar-refractivity contribution in [3.63, 3.8) is 0 Å². The third kappa shape index (κ3) is 4.61. The average molecular weight is 464 g/mol. The molecule has 4 nitrogen and oxygen atoms in total. The molecule has 5 heteroatoms. The van der Waals surface area contributed by atoms with Gasteiger partial charge in [0.15, 0.2) is 0 Å². The van der Waals surface area contributed by atoms with Crippen LogP contribution >= 0.6 is 11.8 Å². The van der Waals surface area contributed by atoms with Crippen molar-refractivity contribution < 1.29 is 4.74 Å². The number of para-hydroxylation sites is 1. The van der Waals surface area contributed by atoms with Crippen LogP contribution in [0.5, 0.6) is 5.75 Å². The second-order valence-electron chi connectivity index (χ2n) is 8.01. The summed E-state index contributed by atoms with van der Waals surface area (Å²) in [5.41, 5.74) is 7.50. The molecule has 0 bridgehead atoms.